The summed E-state index contributed by atoms with van der Waals surface area (Å²) >= 11 is 0. The lowest BCUT2D eigenvalue weighted by molar-refractivity contribution is -0.111. The summed E-state index contributed by atoms with van der Waals surface area (Å²) in [6.07, 6.45) is 7.07. The Hall–Kier alpha value is -0.530. The fraction of sp³-hybridized carbons (Fsp3) is 0.889. The summed E-state index contributed by atoms with van der Waals surface area (Å²) in [5, 5.41) is 2.99. The fourth-order valence-corrected chi connectivity index (χ4v) is 2.82. The lowest BCUT2D eigenvalue weighted by Gasteiger charge is -2.25. The molecular weight excluding hydrogens is 138 g/mol. The number of carbonyl (C=O) groups is 1. The van der Waals surface area contributed by atoms with Gasteiger partial charge in [0.2, 0.25) is 6.41 Å². The summed E-state index contributed by atoms with van der Waals surface area (Å²) in [6, 6.07) is 0. The molecule has 2 nitrogen and oxygen atoms in total. The second-order valence-corrected chi connectivity index (χ2v) is 4.53. The normalized spacial score (nSPS) is 47.7. The predicted octanol–water partition coefficient (Wildman–Crippen LogP) is 1.46. The lowest BCUT2D eigenvalue weighted by atomic mass is 9.86. The van der Waals surface area contributed by atoms with Crippen molar-refractivity contribution in [3.8, 4) is 0 Å². The molecule has 0 aromatic rings. The third kappa shape index (κ3) is 0.959. The van der Waals surface area contributed by atoms with Crippen LogP contribution in [-0.4, -0.2) is 11.9 Å². The number of hydrogen-bond acceptors (Lipinski definition) is 1. The minimum atomic E-state index is 0.205. The van der Waals surface area contributed by atoms with E-state index >= 15 is 0 Å². The van der Waals surface area contributed by atoms with Crippen LogP contribution < -0.4 is 5.32 Å². The van der Waals surface area contributed by atoms with E-state index in [9.17, 15) is 4.79 Å². The average Bonchev–Trinajstić information content (AvgIpc) is 2.42. The predicted molar refractivity (Wildman–Crippen MR) is 43.1 cm³/mol. The Morgan fingerprint density at radius 2 is 1.91 bits per heavy atom. The number of nitrogens with one attached hydrogen (secondary N) is 1. The van der Waals surface area contributed by atoms with Crippen LogP contribution in [0.5, 0.6) is 0 Å². The van der Waals surface area contributed by atoms with Gasteiger partial charge in [0.1, 0.15) is 0 Å². The van der Waals surface area contributed by atoms with E-state index in [1.807, 2.05) is 0 Å². The van der Waals surface area contributed by atoms with Gasteiger partial charge < -0.3 is 5.32 Å². The van der Waals surface area contributed by atoms with Gasteiger partial charge in [0.05, 0.1) is 0 Å². The van der Waals surface area contributed by atoms with Crippen molar-refractivity contribution in [1.82, 2.24) is 5.32 Å². The molecule has 11 heavy (non-hydrogen) atoms. The Kier molecular flexibility index (Phi) is 1.29. The molecule has 0 spiro atoms. The summed E-state index contributed by atoms with van der Waals surface area (Å²) < 4.78 is 0. The van der Waals surface area contributed by atoms with Gasteiger partial charge in [-0.25, -0.2) is 0 Å². The van der Waals surface area contributed by atoms with E-state index < -0.39 is 0 Å². The van der Waals surface area contributed by atoms with Crippen LogP contribution >= 0.6 is 0 Å². The Morgan fingerprint density at radius 1 is 1.27 bits per heavy atom. The highest BCUT2D eigenvalue weighted by Crippen LogP contribution is 2.55. The molecule has 0 unspecified atom stereocenters. The van der Waals surface area contributed by atoms with Gasteiger partial charge in [-0.2, -0.15) is 0 Å². The van der Waals surface area contributed by atoms with E-state index in [4.69, 9.17) is 0 Å². The van der Waals surface area contributed by atoms with Gasteiger partial charge in [-0.05, 0) is 37.5 Å². The molecular formula is C9H15NO. The average molecular weight is 153 g/mol. The van der Waals surface area contributed by atoms with Crippen LogP contribution in [0.25, 0.3) is 0 Å². The van der Waals surface area contributed by atoms with Crippen LogP contribution in [0.4, 0.5) is 0 Å². The maximum atomic E-state index is 10.3. The molecule has 2 rings (SSSR count). The smallest absolute Gasteiger partial charge is 0.207 e. The van der Waals surface area contributed by atoms with Gasteiger partial charge in [0.15, 0.2) is 0 Å². The highest BCUT2D eigenvalue weighted by Gasteiger charge is 2.51. The number of amides is 1. The van der Waals surface area contributed by atoms with Crippen LogP contribution in [0.3, 0.4) is 0 Å². The van der Waals surface area contributed by atoms with E-state index in [1.54, 1.807) is 0 Å². The van der Waals surface area contributed by atoms with Crippen molar-refractivity contribution in [3.05, 3.63) is 0 Å². The topological polar surface area (TPSA) is 29.1 Å². The maximum Gasteiger partial charge on any atom is 0.207 e. The van der Waals surface area contributed by atoms with Gasteiger partial charge in [-0.15, -0.1) is 0 Å². The zero-order valence-corrected chi connectivity index (χ0v) is 7.02. The third-order valence-electron chi connectivity index (χ3n) is 3.54. The molecule has 1 amide bonds. The van der Waals surface area contributed by atoms with Crippen molar-refractivity contribution in [2.75, 3.05) is 0 Å². The van der Waals surface area contributed by atoms with Gasteiger partial charge in [0.25, 0.3) is 0 Å². The summed E-state index contributed by atoms with van der Waals surface area (Å²) in [6.45, 7) is 2.34. The van der Waals surface area contributed by atoms with Crippen molar-refractivity contribution >= 4 is 6.41 Å². The van der Waals surface area contributed by atoms with E-state index in [-0.39, 0.29) is 5.54 Å². The van der Waals surface area contributed by atoms with E-state index in [0.717, 1.165) is 6.41 Å². The van der Waals surface area contributed by atoms with Crippen molar-refractivity contribution in [1.29, 1.82) is 0 Å². The van der Waals surface area contributed by atoms with Crippen LogP contribution in [0, 0.1) is 5.41 Å². The molecule has 2 fully saturated rings. The fourth-order valence-electron chi connectivity index (χ4n) is 2.82. The first-order valence-electron chi connectivity index (χ1n) is 4.40. The molecule has 0 aromatic carbocycles. The minimum absolute atomic E-state index is 0.205. The first-order valence-corrected chi connectivity index (χ1v) is 4.40. The SMILES string of the molecule is CC12CCC(NC=O)(CC1)C2. The van der Waals surface area contributed by atoms with E-state index in [0.29, 0.717) is 5.41 Å². The molecule has 0 aliphatic heterocycles. The molecule has 0 heterocycles. The third-order valence-corrected chi connectivity index (χ3v) is 3.54. The molecule has 0 saturated heterocycles. The Balaban J connectivity index is 2.13. The maximum absolute atomic E-state index is 10.3. The number of hydrogen-bond donors (Lipinski definition) is 1. The molecule has 2 saturated carbocycles. The van der Waals surface area contributed by atoms with Crippen LogP contribution in [0.1, 0.15) is 39.0 Å². The second-order valence-electron chi connectivity index (χ2n) is 4.53. The molecule has 2 bridgehead atoms. The molecule has 2 heteroatoms. The van der Waals surface area contributed by atoms with Gasteiger partial charge in [-0.1, -0.05) is 6.92 Å². The molecule has 2 aliphatic rings. The van der Waals surface area contributed by atoms with Crippen molar-refractivity contribution in [3.63, 3.8) is 0 Å². The standard InChI is InChI=1S/C9H15NO/c1-8-2-4-9(6-8,5-3-8)10-7-11/h7H,2-6H2,1H3,(H,10,11). The summed E-state index contributed by atoms with van der Waals surface area (Å²) in [5.41, 5.74) is 0.756. The van der Waals surface area contributed by atoms with Gasteiger partial charge in [-0.3, -0.25) is 4.79 Å². The zero-order chi connectivity index (χ0) is 7.95. The Labute approximate surface area is 67.4 Å². The lowest BCUT2D eigenvalue weighted by Crippen LogP contribution is -2.39. The molecule has 1 N–H and O–H groups in total. The Bertz CT molecular complexity index is 180. The minimum Gasteiger partial charge on any atom is -0.353 e. The second kappa shape index (κ2) is 1.99. The van der Waals surface area contributed by atoms with E-state index in [2.05, 4.69) is 12.2 Å². The quantitative estimate of drug-likeness (QED) is 0.598. The highest BCUT2D eigenvalue weighted by molar-refractivity contribution is 5.48. The van der Waals surface area contributed by atoms with Crippen molar-refractivity contribution < 1.29 is 4.79 Å². The van der Waals surface area contributed by atoms with Gasteiger partial charge >= 0.3 is 0 Å². The Morgan fingerprint density at radius 3 is 2.27 bits per heavy atom. The van der Waals surface area contributed by atoms with E-state index in [1.165, 1.54) is 32.1 Å². The van der Waals surface area contributed by atoms with Crippen LogP contribution in [-0.2, 0) is 4.79 Å². The van der Waals surface area contributed by atoms with Crippen LogP contribution in [0.2, 0.25) is 0 Å². The van der Waals surface area contributed by atoms with Crippen LogP contribution in [0.15, 0.2) is 0 Å². The largest absolute Gasteiger partial charge is 0.353 e. The summed E-state index contributed by atoms with van der Waals surface area (Å²) in [4.78, 5) is 10.3. The molecule has 2 aliphatic carbocycles. The highest BCUT2D eigenvalue weighted by atomic mass is 16.1. The molecule has 0 atom stereocenters. The summed E-state index contributed by atoms with van der Waals surface area (Å²) in [5.74, 6) is 0. The number of carbonyl (C=O) groups excluding carboxylic acids is 1. The zero-order valence-electron chi connectivity index (χ0n) is 7.02. The van der Waals surface area contributed by atoms with Crippen molar-refractivity contribution in [2.45, 2.75) is 44.6 Å². The first kappa shape index (κ1) is 7.14. The molecule has 0 aromatic heterocycles. The molecule has 62 valence electrons. The monoisotopic (exact) mass is 153 g/mol. The molecule has 0 radical (unpaired) electrons. The van der Waals surface area contributed by atoms with Crippen molar-refractivity contribution in [2.24, 2.45) is 5.41 Å². The number of fused-ring (bicyclic) bond motifs is 2. The number of rotatable bonds is 2. The van der Waals surface area contributed by atoms with Gasteiger partial charge in [0, 0.05) is 5.54 Å². The summed E-state index contributed by atoms with van der Waals surface area (Å²) in [7, 11) is 0. The first-order chi connectivity index (χ1) is 5.18.